The van der Waals surface area contributed by atoms with E-state index in [1.165, 1.54) is 6.92 Å². The van der Waals surface area contributed by atoms with Gasteiger partial charge >= 0.3 is 0 Å². The minimum atomic E-state index is -3.39. The highest BCUT2D eigenvalue weighted by molar-refractivity contribution is 7.92. The van der Waals surface area contributed by atoms with E-state index in [4.69, 9.17) is 5.11 Å². The number of sulfone groups is 1. The standard InChI is InChI=1S/C13H19NO4S/c1-10(19(2,17)18)13(16)14-12-7-3-5-11(9-12)6-4-8-15/h3,5,7,9-10,15H,4,6,8H2,1-2H3,(H,14,16). The van der Waals surface area contributed by atoms with E-state index in [2.05, 4.69) is 5.32 Å². The fourth-order valence-electron chi connectivity index (χ4n) is 1.53. The summed E-state index contributed by atoms with van der Waals surface area (Å²) in [7, 11) is -3.39. The van der Waals surface area contributed by atoms with Gasteiger partial charge in [0.15, 0.2) is 9.84 Å². The molecule has 5 nitrogen and oxygen atoms in total. The average molecular weight is 285 g/mol. The molecule has 0 bridgehead atoms. The van der Waals surface area contributed by atoms with Crippen molar-refractivity contribution in [2.45, 2.75) is 25.0 Å². The SMILES string of the molecule is CC(C(=O)Nc1cccc(CCCO)c1)S(C)(=O)=O. The Morgan fingerprint density at radius 3 is 2.68 bits per heavy atom. The molecule has 6 heteroatoms. The Kier molecular flexibility index (Phi) is 5.50. The van der Waals surface area contributed by atoms with Crippen molar-refractivity contribution in [2.24, 2.45) is 0 Å². The van der Waals surface area contributed by atoms with Crippen LogP contribution in [0.5, 0.6) is 0 Å². The molecule has 1 rings (SSSR count). The van der Waals surface area contributed by atoms with E-state index in [0.717, 1.165) is 11.8 Å². The molecule has 1 aromatic carbocycles. The second kappa shape index (κ2) is 6.68. The molecule has 0 aliphatic heterocycles. The third-order valence-electron chi connectivity index (χ3n) is 2.83. The molecule has 2 N–H and O–H groups in total. The lowest BCUT2D eigenvalue weighted by atomic mass is 10.1. The largest absolute Gasteiger partial charge is 0.396 e. The molecular weight excluding hydrogens is 266 g/mol. The van der Waals surface area contributed by atoms with Gasteiger partial charge in [-0.15, -0.1) is 0 Å². The van der Waals surface area contributed by atoms with Crippen LogP contribution in [-0.2, 0) is 21.1 Å². The first kappa shape index (κ1) is 15.7. The lowest BCUT2D eigenvalue weighted by molar-refractivity contribution is -0.115. The molecule has 0 radical (unpaired) electrons. The maximum absolute atomic E-state index is 11.8. The Morgan fingerprint density at radius 2 is 2.11 bits per heavy atom. The van der Waals surface area contributed by atoms with Gasteiger partial charge in [0.1, 0.15) is 5.25 Å². The topological polar surface area (TPSA) is 83.5 Å². The Bertz CT molecular complexity index is 539. The summed E-state index contributed by atoms with van der Waals surface area (Å²) in [5.41, 5.74) is 1.55. The van der Waals surface area contributed by atoms with Crippen LogP contribution in [0.1, 0.15) is 18.9 Å². The lowest BCUT2D eigenvalue weighted by Crippen LogP contribution is -2.31. The number of nitrogens with one attached hydrogen (secondary N) is 1. The summed E-state index contributed by atoms with van der Waals surface area (Å²) in [6.45, 7) is 1.47. The maximum Gasteiger partial charge on any atom is 0.242 e. The fourth-order valence-corrected chi connectivity index (χ4v) is 1.97. The highest BCUT2D eigenvalue weighted by atomic mass is 32.2. The lowest BCUT2D eigenvalue weighted by Gasteiger charge is -2.11. The first-order valence-electron chi connectivity index (χ1n) is 6.04. The number of aryl methyl sites for hydroxylation is 1. The maximum atomic E-state index is 11.8. The number of benzene rings is 1. The van der Waals surface area contributed by atoms with Crippen LogP contribution in [0.25, 0.3) is 0 Å². The molecule has 1 amide bonds. The zero-order valence-electron chi connectivity index (χ0n) is 11.1. The molecule has 0 fully saturated rings. The van der Waals surface area contributed by atoms with Crippen LogP contribution >= 0.6 is 0 Å². The summed E-state index contributed by atoms with van der Waals surface area (Å²) in [5.74, 6) is -0.540. The quantitative estimate of drug-likeness (QED) is 0.816. The Labute approximate surface area is 113 Å². The van der Waals surface area contributed by atoms with E-state index in [9.17, 15) is 13.2 Å². The predicted molar refractivity (Wildman–Crippen MR) is 74.8 cm³/mol. The second-order valence-corrected chi connectivity index (χ2v) is 6.85. The van der Waals surface area contributed by atoms with Crippen molar-refractivity contribution >= 4 is 21.4 Å². The number of aliphatic hydroxyl groups excluding tert-OH is 1. The Hall–Kier alpha value is -1.40. The minimum Gasteiger partial charge on any atom is -0.396 e. The molecule has 0 saturated heterocycles. The van der Waals surface area contributed by atoms with E-state index in [1.54, 1.807) is 18.2 Å². The molecule has 0 aliphatic carbocycles. The van der Waals surface area contributed by atoms with E-state index < -0.39 is 21.0 Å². The summed E-state index contributed by atoms with van der Waals surface area (Å²) >= 11 is 0. The van der Waals surface area contributed by atoms with Gasteiger partial charge in [-0.25, -0.2) is 8.42 Å². The van der Waals surface area contributed by atoms with Crippen molar-refractivity contribution in [3.05, 3.63) is 29.8 Å². The number of anilines is 1. The van der Waals surface area contributed by atoms with Gasteiger partial charge in [-0.2, -0.15) is 0 Å². The van der Waals surface area contributed by atoms with Crippen molar-refractivity contribution in [3.8, 4) is 0 Å². The summed E-state index contributed by atoms with van der Waals surface area (Å²) in [5, 5.41) is 10.3. The van der Waals surface area contributed by atoms with Gasteiger partial charge in [0.2, 0.25) is 5.91 Å². The molecule has 106 valence electrons. The smallest absolute Gasteiger partial charge is 0.242 e. The van der Waals surface area contributed by atoms with E-state index in [-0.39, 0.29) is 6.61 Å². The Morgan fingerprint density at radius 1 is 1.42 bits per heavy atom. The van der Waals surface area contributed by atoms with Crippen molar-refractivity contribution in [3.63, 3.8) is 0 Å². The van der Waals surface area contributed by atoms with Gasteiger partial charge in [0.25, 0.3) is 0 Å². The number of hydrogen-bond donors (Lipinski definition) is 2. The van der Waals surface area contributed by atoms with Crippen LogP contribution in [0.4, 0.5) is 5.69 Å². The molecule has 0 aromatic heterocycles. The minimum absolute atomic E-state index is 0.113. The molecule has 0 spiro atoms. The normalized spacial score (nSPS) is 13.0. The first-order chi connectivity index (χ1) is 8.84. The van der Waals surface area contributed by atoms with Crippen LogP contribution in [0.2, 0.25) is 0 Å². The van der Waals surface area contributed by atoms with Gasteiger partial charge in [-0.05, 0) is 37.5 Å². The number of hydrogen-bond acceptors (Lipinski definition) is 4. The zero-order valence-corrected chi connectivity index (χ0v) is 11.9. The van der Waals surface area contributed by atoms with Gasteiger partial charge in [-0.3, -0.25) is 4.79 Å². The fraction of sp³-hybridized carbons (Fsp3) is 0.462. The first-order valence-corrected chi connectivity index (χ1v) is 7.99. The summed E-state index contributed by atoms with van der Waals surface area (Å²) < 4.78 is 22.6. The number of carbonyl (C=O) groups is 1. The van der Waals surface area contributed by atoms with Crippen LogP contribution in [0.3, 0.4) is 0 Å². The van der Waals surface area contributed by atoms with Crippen molar-refractivity contribution in [1.29, 1.82) is 0 Å². The third kappa shape index (κ3) is 5.00. The Balaban J connectivity index is 2.74. The van der Waals surface area contributed by atoms with Gasteiger partial charge < -0.3 is 10.4 Å². The number of aliphatic hydroxyl groups is 1. The highest BCUT2D eigenvalue weighted by Crippen LogP contribution is 2.13. The molecule has 1 unspecified atom stereocenters. The molecule has 1 aromatic rings. The molecule has 19 heavy (non-hydrogen) atoms. The summed E-state index contributed by atoms with van der Waals surface area (Å²) in [6.07, 6.45) is 2.40. The van der Waals surface area contributed by atoms with Crippen molar-refractivity contribution in [1.82, 2.24) is 0 Å². The van der Waals surface area contributed by atoms with Crippen molar-refractivity contribution < 1.29 is 18.3 Å². The van der Waals surface area contributed by atoms with Gasteiger partial charge in [-0.1, -0.05) is 12.1 Å². The zero-order chi connectivity index (χ0) is 14.5. The van der Waals surface area contributed by atoms with Gasteiger partial charge in [0, 0.05) is 18.6 Å². The van der Waals surface area contributed by atoms with Gasteiger partial charge in [0.05, 0.1) is 0 Å². The highest BCUT2D eigenvalue weighted by Gasteiger charge is 2.23. The number of amides is 1. The van der Waals surface area contributed by atoms with Crippen LogP contribution in [0, 0.1) is 0 Å². The molecular formula is C13H19NO4S. The molecule has 1 atom stereocenters. The monoisotopic (exact) mass is 285 g/mol. The predicted octanol–water partition coefficient (Wildman–Crippen LogP) is 0.983. The second-order valence-electron chi connectivity index (χ2n) is 4.49. The number of carbonyl (C=O) groups excluding carboxylic acids is 1. The number of rotatable bonds is 6. The summed E-state index contributed by atoms with van der Waals surface area (Å²) in [4.78, 5) is 11.8. The van der Waals surface area contributed by atoms with Crippen LogP contribution in [0.15, 0.2) is 24.3 Å². The van der Waals surface area contributed by atoms with Crippen LogP contribution < -0.4 is 5.32 Å². The molecule has 0 heterocycles. The molecule has 0 saturated carbocycles. The van der Waals surface area contributed by atoms with Crippen molar-refractivity contribution in [2.75, 3.05) is 18.2 Å². The van der Waals surface area contributed by atoms with E-state index in [0.29, 0.717) is 18.5 Å². The van der Waals surface area contributed by atoms with Crippen LogP contribution in [-0.4, -0.2) is 37.5 Å². The third-order valence-corrected chi connectivity index (χ3v) is 4.33. The van der Waals surface area contributed by atoms with E-state index in [1.807, 2.05) is 6.07 Å². The van der Waals surface area contributed by atoms with E-state index >= 15 is 0 Å². The molecule has 0 aliphatic rings. The summed E-state index contributed by atoms with van der Waals surface area (Å²) in [6, 6.07) is 7.16. The average Bonchev–Trinajstić information content (AvgIpc) is 2.34.